The quantitative estimate of drug-likeness (QED) is 0.476. The number of nitrogen functional groups attached to an aromatic ring is 1. The van der Waals surface area contributed by atoms with Gasteiger partial charge >= 0.3 is 0 Å². The minimum absolute atomic E-state index is 0.0229. The average molecular weight is 293 g/mol. The number of methoxy groups -OCH3 is 1. The monoisotopic (exact) mass is 293 g/mol. The van der Waals surface area contributed by atoms with Crippen LogP contribution >= 0.6 is 0 Å². The number of anilines is 3. The van der Waals surface area contributed by atoms with E-state index in [4.69, 9.17) is 15.2 Å². The molecule has 0 spiro atoms. The summed E-state index contributed by atoms with van der Waals surface area (Å²) in [6.45, 7) is 2.84. The summed E-state index contributed by atoms with van der Waals surface area (Å²) in [6, 6.07) is 3.77. The van der Waals surface area contributed by atoms with Gasteiger partial charge in [0.1, 0.15) is 0 Å². The first kappa shape index (κ1) is 15.6. The van der Waals surface area contributed by atoms with Crippen LogP contribution in [-0.2, 0) is 20.7 Å². The molecular weight excluding hydrogens is 270 g/mol. The number of amides is 1. The van der Waals surface area contributed by atoms with Crippen LogP contribution in [0.25, 0.3) is 0 Å². The molecule has 1 aliphatic heterocycles. The summed E-state index contributed by atoms with van der Waals surface area (Å²) in [7, 11) is 1.66. The second-order valence-corrected chi connectivity index (χ2v) is 5.06. The van der Waals surface area contributed by atoms with Gasteiger partial charge in [0.05, 0.1) is 31.0 Å². The van der Waals surface area contributed by atoms with Crippen LogP contribution in [-0.4, -0.2) is 39.4 Å². The number of ether oxygens (including phenoxy) is 2. The molecular formula is C15H23N3O3. The number of nitrogens with one attached hydrogen (secondary N) is 2. The third-order valence-electron chi connectivity index (χ3n) is 3.36. The maximum atomic E-state index is 11.3. The normalized spacial score (nSPS) is 13.1. The van der Waals surface area contributed by atoms with E-state index in [9.17, 15) is 4.79 Å². The Kier molecular flexibility index (Phi) is 5.83. The molecule has 6 heteroatoms. The van der Waals surface area contributed by atoms with Crippen molar-refractivity contribution in [1.29, 1.82) is 0 Å². The van der Waals surface area contributed by atoms with Crippen LogP contribution in [0.5, 0.6) is 0 Å². The zero-order chi connectivity index (χ0) is 15.1. The highest BCUT2D eigenvalue weighted by molar-refractivity contribution is 6.00. The van der Waals surface area contributed by atoms with E-state index < -0.39 is 0 Å². The number of benzene rings is 1. The summed E-state index contributed by atoms with van der Waals surface area (Å²) in [6.07, 6.45) is 2.40. The molecule has 0 aliphatic carbocycles. The molecule has 0 bridgehead atoms. The minimum atomic E-state index is 0.0229. The summed E-state index contributed by atoms with van der Waals surface area (Å²) in [4.78, 5) is 11.3. The van der Waals surface area contributed by atoms with Gasteiger partial charge in [0.2, 0.25) is 5.91 Å². The Labute approximate surface area is 125 Å². The lowest BCUT2D eigenvalue weighted by molar-refractivity contribution is -0.115. The van der Waals surface area contributed by atoms with Crippen molar-refractivity contribution in [2.75, 3.05) is 49.8 Å². The van der Waals surface area contributed by atoms with Crippen LogP contribution in [0.1, 0.15) is 18.4 Å². The first-order valence-corrected chi connectivity index (χ1v) is 7.23. The zero-order valence-corrected chi connectivity index (χ0v) is 12.4. The molecule has 1 amide bonds. The van der Waals surface area contributed by atoms with Crippen LogP contribution < -0.4 is 16.4 Å². The number of nitrogens with two attached hydrogens (primary N) is 1. The Morgan fingerprint density at radius 1 is 1.29 bits per heavy atom. The SMILES string of the molecule is COCCOCCCCNc1cc2c(cc1N)CC(=O)N2. The smallest absolute Gasteiger partial charge is 0.228 e. The van der Waals surface area contributed by atoms with Gasteiger partial charge in [-0.2, -0.15) is 0 Å². The van der Waals surface area contributed by atoms with Crippen molar-refractivity contribution in [1.82, 2.24) is 0 Å². The third kappa shape index (κ3) is 4.61. The fourth-order valence-electron chi connectivity index (χ4n) is 2.24. The summed E-state index contributed by atoms with van der Waals surface area (Å²) < 4.78 is 10.3. The largest absolute Gasteiger partial charge is 0.397 e. The lowest BCUT2D eigenvalue weighted by Crippen LogP contribution is -2.07. The highest BCUT2D eigenvalue weighted by atomic mass is 16.5. The van der Waals surface area contributed by atoms with Crippen LogP contribution in [0, 0.1) is 0 Å². The van der Waals surface area contributed by atoms with Crippen molar-refractivity contribution < 1.29 is 14.3 Å². The highest BCUT2D eigenvalue weighted by Gasteiger charge is 2.18. The standard InChI is InChI=1S/C15H23N3O3/c1-20-6-7-21-5-3-2-4-17-14-10-13-11(8-12(14)16)9-15(19)18-13/h8,10,17H,2-7,9,16H2,1H3,(H,18,19). The van der Waals surface area contributed by atoms with Gasteiger partial charge in [0.15, 0.2) is 0 Å². The number of hydrogen-bond donors (Lipinski definition) is 3. The number of hydrogen-bond acceptors (Lipinski definition) is 5. The van der Waals surface area contributed by atoms with Crippen molar-refractivity contribution in [3.63, 3.8) is 0 Å². The first-order chi connectivity index (χ1) is 10.2. The van der Waals surface area contributed by atoms with Crippen molar-refractivity contribution >= 4 is 23.0 Å². The van der Waals surface area contributed by atoms with E-state index in [0.29, 0.717) is 25.3 Å². The maximum absolute atomic E-state index is 11.3. The molecule has 4 N–H and O–H groups in total. The lowest BCUT2D eigenvalue weighted by atomic mass is 10.1. The molecule has 0 unspecified atom stereocenters. The second kappa shape index (κ2) is 7.85. The van der Waals surface area contributed by atoms with Gasteiger partial charge in [-0.05, 0) is 30.5 Å². The predicted octanol–water partition coefficient (Wildman–Crippen LogP) is 1.62. The molecule has 1 aromatic carbocycles. The molecule has 0 saturated heterocycles. The lowest BCUT2D eigenvalue weighted by Gasteiger charge is -2.11. The van der Waals surface area contributed by atoms with Crippen LogP contribution in [0.3, 0.4) is 0 Å². The van der Waals surface area contributed by atoms with Crippen molar-refractivity contribution in [2.45, 2.75) is 19.3 Å². The molecule has 0 radical (unpaired) electrons. The Balaban J connectivity index is 1.69. The van der Waals surface area contributed by atoms with E-state index in [0.717, 1.165) is 42.9 Å². The van der Waals surface area contributed by atoms with Crippen LogP contribution in [0.15, 0.2) is 12.1 Å². The first-order valence-electron chi connectivity index (χ1n) is 7.23. The number of fused-ring (bicyclic) bond motifs is 1. The molecule has 6 nitrogen and oxygen atoms in total. The number of carbonyl (C=O) groups excluding carboxylic acids is 1. The van der Waals surface area contributed by atoms with Gasteiger partial charge in [-0.3, -0.25) is 4.79 Å². The molecule has 0 saturated carbocycles. The van der Waals surface area contributed by atoms with Crippen LogP contribution in [0.2, 0.25) is 0 Å². The van der Waals surface area contributed by atoms with E-state index in [-0.39, 0.29) is 5.91 Å². The molecule has 0 aromatic heterocycles. The Morgan fingerprint density at radius 2 is 2.14 bits per heavy atom. The van der Waals surface area contributed by atoms with E-state index in [1.807, 2.05) is 12.1 Å². The molecule has 1 aliphatic rings. The molecule has 2 rings (SSSR count). The number of unbranched alkanes of at least 4 members (excludes halogenated alkanes) is 1. The molecule has 1 heterocycles. The Hall–Kier alpha value is -1.79. The molecule has 1 aromatic rings. The molecule has 116 valence electrons. The van der Waals surface area contributed by atoms with Gasteiger partial charge < -0.3 is 25.8 Å². The van der Waals surface area contributed by atoms with Gasteiger partial charge in [-0.25, -0.2) is 0 Å². The average Bonchev–Trinajstić information content (AvgIpc) is 2.81. The van der Waals surface area contributed by atoms with Gasteiger partial charge in [-0.15, -0.1) is 0 Å². The Morgan fingerprint density at radius 3 is 2.95 bits per heavy atom. The van der Waals surface area contributed by atoms with E-state index in [1.54, 1.807) is 7.11 Å². The van der Waals surface area contributed by atoms with Crippen molar-refractivity contribution in [3.05, 3.63) is 17.7 Å². The van der Waals surface area contributed by atoms with E-state index in [2.05, 4.69) is 10.6 Å². The number of carbonyl (C=O) groups is 1. The summed E-state index contributed by atoms with van der Waals surface area (Å²) >= 11 is 0. The summed E-state index contributed by atoms with van der Waals surface area (Å²) in [5, 5.41) is 6.13. The Bertz CT molecular complexity index is 491. The fraction of sp³-hybridized carbons (Fsp3) is 0.533. The van der Waals surface area contributed by atoms with Gasteiger partial charge in [0, 0.05) is 25.9 Å². The maximum Gasteiger partial charge on any atom is 0.228 e. The summed E-state index contributed by atoms with van der Waals surface area (Å²) in [5.41, 5.74) is 9.38. The molecule has 0 atom stereocenters. The fourth-order valence-corrected chi connectivity index (χ4v) is 2.24. The molecule has 21 heavy (non-hydrogen) atoms. The van der Waals surface area contributed by atoms with Gasteiger partial charge in [-0.1, -0.05) is 0 Å². The minimum Gasteiger partial charge on any atom is -0.397 e. The van der Waals surface area contributed by atoms with Gasteiger partial charge in [0.25, 0.3) is 0 Å². The zero-order valence-electron chi connectivity index (χ0n) is 12.4. The van der Waals surface area contributed by atoms with Crippen molar-refractivity contribution in [3.8, 4) is 0 Å². The third-order valence-corrected chi connectivity index (χ3v) is 3.36. The highest BCUT2D eigenvalue weighted by Crippen LogP contribution is 2.31. The second-order valence-electron chi connectivity index (χ2n) is 5.06. The van der Waals surface area contributed by atoms with E-state index >= 15 is 0 Å². The summed E-state index contributed by atoms with van der Waals surface area (Å²) in [5.74, 6) is 0.0229. The molecule has 0 fully saturated rings. The van der Waals surface area contributed by atoms with Crippen LogP contribution in [0.4, 0.5) is 17.1 Å². The predicted molar refractivity (Wildman–Crippen MR) is 83.6 cm³/mol. The van der Waals surface area contributed by atoms with Crippen molar-refractivity contribution in [2.24, 2.45) is 0 Å². The topological polar surface area (TPSA) is 85.6 Å². The number of rotatable bonds is 9. The van der Waals surface area contributed by atoms with E-state index in [1.165, 1.54) is 0 Å².